The van der Waals surface area contributed by atoms with Crippen LogP contribution in [0.3, 0.4) is 0 Å². The zero-order chi connectivity index (χ0) is 17.5. The Labute approximate surface area is 143 Å². The van der Waals surface area contributed by atoms with Gasteiger partial charge in [0, 0.05) is 30.3 Å². The van der Waals surface area contributed by atoms with Crippen LogP contribution < -0.4 is 0 Å². The molecule has 0 amide bonds. The van der Waals surface area contributed by atoms with Crippen LogP contribution in [-0.4, -0.2) is 40.2 Å². The van der Waals surface area contributed by atoms with Crippen molar-refractivity contribution in [3.8, 4) is 5.75 Å². The molecule has 0 saturated carbocycles. The van der Waals surface area contributed by atoms with Gasteiger partial charge in [0.2, 0.25) is 0 Å². The summed E-state index contributed by atoms with van der Waals surface area (Å²) >= 11 is 0. The van der Waals surface area contributed by atoms with Gasteiger partial charge in [-0.25, -0.2) is 0 Å². The highest BCUT2D eigenvalue weighted by atomic mass is 16.3. The highest BCUT2D eigenvalue weighted by Crippen LogP contribution is 2.50. The molecule has 128 valence electrons. The molecule has 2 aromatic rings. The van der Waals surface area contributed by atoms with Crippen molar-refractivity contribution in [2.45, 2.75) is 32.3 Å². The second-order valence-corrected chi connectivity index (χ2v) is 7.65. The van der Waals surface area contributed by atoms with Gasteiger partial charge in [-0.3, -0.25) is 4.98 Å². The number of nitrogens with zero attached hydrogens (tertiary/aromatic N) is 2. The Balaban J connectivity index is 2.12. The third kappa shape index (κ3) is 2.60. The predicted molar refractivity (Wildman–Crippen MR) is 95.0 cm³/mol. The van der Waals surface area contributed by atoms with Crippen molar-refractivity contribution in [2.75, 3.05) is 20.1 Å². The zero-order valence-electron chi connectivity index (χ0n) is 14.8. The fraction of sp³-hybridized carbons (Fsp3) is 0.450. The number of hydrogen-bond acceptors (Lipinski definition) is 4. The van der Waals surface area contributed by atoms with Gasteiger partial charge >= 0.3 is 0 Å². The normalized spacial score (nSPS) is 19.8. The summed E-state index contributed by atoms with van der Waals surface area (Å²) in [4.78, 5) is 6.27. The molecule has 1 saturated heterocycles. The summed E-state index contributed by atoms with van der Waals surface area (Å²) in [6.45, 7) is 7.97. The molecule has 0 spiro atoms. The molecule has 0 bridgehead atoms. The highest BCUT2D eigenvalue weighted by molar-refractivity contribution is 5.42. The summed E-state index contributed by atoms with van der Waals surface area (Å²) in [5, 5.41) is 21.7. The van der Waals surface area contributed by atoms with Crippen LogP contribution in [0.1, 0.15) is 43.4 Å². The Bertz CT molecular complexity index is 721. The first-order valence-corrected chi connectivity index (χ1v) is 8.42. The van der Waals surface area contributed by atoms with Crippen LogP contribution in [0, 0.1) is 5.41 Å². The van der Waals surface area contributed by atoms with Gasteiger partial charge < -0.3 is 15.1 Å². The van der Waals surface area contributed by atoms with E-state index in [0.29, 0.717) is 11.5 Å². The van der Waals surface area contributed by atoms with E-state index in [-0.39, 0.29) is 11.2 Å². The monoisotopic (exact) mass is 326 g/mol. The summed E-state index contributed by atoms with van der Waals surface area (Å²) in [6.07, 6.45) is 3.04. The van der Waals surface area contributed by atoms with E-state index in [1.54, 1.807) is 12.3 Å². The highest BCUT2D eigenvalue weighted by Gasteiger charge is 2.55. The minimum atomic E-state index is -1.19. The molecule has 1 aliphatic heterocycles. The predicted octanol–water partition coefficient (Wildman–Crippen LogP) is 3.10. The molecule has 0 aliphatic carbocycles. The summed E-state index contributed by atoms with van der Waals surface area (Å²) in [5.74, 6) is 0.515. The first kappa shape index (κ1) is 16.9. The molecule has 1 fully saturated rings. The lowest BCUT2D eigenvalue weighted by Crippen LogP contribution is -2.63. The largest absolute Gasteiger partial charge is 0.506 e. The Hall–Kier alpha value is -1.91. The maximum absolute atomic E-state index is 11.8. The van der Waals surface area contributed by atoms with E-state index < -0.39 is 5.60 Å². The number of aromatic nitrogens is 1. The molecule has 1 atom stereocenters. The molecule has 3 rings (SSSR count). The smallest absolute Gasteiger partial charge is 0.134 e. The van der Waals surface area contributed by atoms with Gasteiger partial charge in [-0.15, -0.1) is 0 Å². The number of aromatic hydroxyl groups is 1. The Kier molecular flexibility index (Phi) is 4.14. The molecule has 1 aliphatic rings. The molecule has 1 aromatic heterocycles. The van der Waals surface area contributed by atoms with E-state index in [1.165, 1.54) is 11.8 Å². The maximum Gasteiger partial charge on any atom is 0.134 e. The Morgan fingerprint density at radius 3 is 2.25 bits per heavy atom. The number of hydrogen-bond donors (Lipinski definition) is 2. The van der Waals surface area contributed by atoms with Crippen molar-refractivity contribution in [3.05, 3.63) is 59.4 Å². The van der Waals surface area contributed by atoms with Gasteiger partial charge in [-0.05, 0) is 30.2 Å². The van der Waals surface area contributed by atoms with Gasteiger partial charge in [0.1, 0.15) is 11.4 Å². The lowest BCUT2D eigenvalue weighted by molar-refractivity contribution is -0.127. The van der Waals surface area contributed by atoms with Crippen molar-refractivity contribution < 1.29 is 10.2 Å². The topological polar surface area (TPSA) is 56.6 Å². The summed E-state index contributed by atoms with van der Waals surface area (Å²) < 4.78 is 0. The minimum Gasteiger partial charge on any atom is -0.506 e. The number of benzene rings is 1. The van der Waals surface area contributed by atoms with Crippen molar-refractivity contribution in [1.29, 1.82) is 0 Å². The Morgan fingerprint density at radius 1 is 1.12 bits per heavy atom. The van der Waals surface area contributed by atoms with Crippen LogP contribution in [0.5, 0.6) is 5.75 Å². The molecule has 2 N–H and O–H groups in total. The third-order valence-corrected chi connectivity index (χ3v) is 5.25. The SMILES string of the molecule is CC(C)c1ccc([C@](O)(c2cncc(O)c2)C2(C)CN(C)C2)cc1. The van der Waals surface area contributed by atoms with Crippen LogP contribution in [0.25, 0.3) is 0 Å². The van der Waals surface area contributed by atoms with Gasteiger partial charge in [-0.1, -0.05) is 45.0 Å². The van der Waals surface area contributed by atoms with E-state index in [4.69, 9.17) is 0 Å². The van der Waals surface area contributed by atoms with Gasteiger partial charge in [0.25, 0.3) is 0 Å². The molecule has 0 radical (unpaired) electrons. The molecule has 0 unspecified atom stereocenters. The first-order valence-electron chi connectivity index (χ1n) is 8.42. The van der Waals surface area contributed by atoms with Crippen molar-refractivity contribution in [3.63, 3.8) is 0 Å². The molecule has 2 heterocycles. The quantitative estimate of drug-likeness (QED) is 0.906. The number of aliphatic hydroxyl groups is 1. The molecule has 4 heteroatoms. The average Bonchev–Trinajstić information content (AvgIpc) is 2.52. The van der Waals surface area contributed by atoms with Crippen LogP contribution in [0.4, 0.5) is 0 Å². The Morgan fingerprint density at radius 2 is 1.75 bits per heavy atom. The first-order chi connectivity index (χ1) is 11.3. The zero-order valence-corrected chi connectivity index (χ0v) is 14.8. The van der Waals surface area contributed by atoms with E-state index >= 15 is 0 Å². The third-order valence-electron chi connectivity index (χ3n) is 5.25. The lowest BCUT2D eigenvalue weighted by Gasteiger charge is -2.55. The van der Waals surface area contributed by atoms with E-state index in [1.807, 2.05) is 19.2 Å². The van der Waals surface area contributed by atoms with Crippen molar-refractivity contribution in [1.82, 2.24) is 9.88 Å². The van der Waals surface area contributed by atoms with Crippen molar-refractivity contribution in [2.24, 2.45) is 5.41 Å². The van der Waals surface area contributed by atoms with Crippen molar-refractivity contribution >= 4 is 0 Å². The standard InChI is InChI=1S/C20H26N2O2/c1-14(2)15-5-7-16(8-6-15)20(24,19(3)12-22(4)13-19)17-9-18(23)11-21-10-17/h5-11,14,23-24H,12-13H2,1-4H3/t20-/m0/s1. The number of rotatable bonds is 4. The van der Waals surface area contributed by atoms with E-state index in [2.05, 4.69) is 42.8 Å². The summed E-state index contributed by atoms with van der Waals surface area (Å²) in [5.41, 5.74) is 1.19. The van der Waals surface area contributed by atoms with Crippen LogP contribution in [-0.2, 0) is 5.60 Å². The molecular formula is C20H26N2O2. The van der Waals surface area contributed by atoms with Crippen LogP contribution >= 0.6 is 0 Å². The van der Waals surface area contributed by atoms with E-state index in [0.717, 1.165) is 18.7 Å². The second-order valence-electron chi connectivity index (χ2n) is 7.65. The average molecular weight is 326 g/mol. The summed E-state index contributed by atoms with van der Waals surface area (Å²) in [7, 11) is 2.05. The molecule has 1 aromatic carbocycles. The fourth-order valence-electron chi connectivity index (χ4n) is 3.97. The minimum absolute atomic E-state index is 0.0704. The fourth-order valence-corrected chi connectivity index (χ4v) is 3.97. The molecule has 4 nitrogen and oxygen atoms in total. The van der Waals surface area contributed by atoms with Crippen LogP contribution in [0.15, 0.2) is 42.7 Å². The van der Waals surface area contributed by atoms with Gasteiger partial charge in [0.05, 0.1) is 6.20 Å². The lowest BCUT2D eigenvalue weighted by atomic mass is 9.62. The van der Waals surface area contributed by atoms with E-state index in [9.17, 15) is 10.2 Å². The second kappa shape index (κ2) is 5.87. The molecular weight excluding hydrogens is 300 g/mol. The van der Waals surface area contributed by atoms with Crippen LogP contribution in [0.2, 0.25) is 0 Å². The number of pyridine rings is 1. The van der Waals surface area contributed by atoms with Gasteiger partial charge in [0.15, 0.2) is 0 Å². The summed E-state index contributed by atoms with van der Waals surface area (Å²) in [6, 6.07) is 9.78. The van der Waals surface area contributed by atoms with Gasteiger partial charge in [-0.2, -0.15) is 0 Å². The maximum atomic E-state index is 11.8. The molecule has 24 heavy (non-hydrogen) atoms. The number of likely N-dealkylation sites (tertiary alicyclic amines) is 1.